The number of aryl methyl sites for hydroxylation is 4. The minimum Gasteiger partial charge on any atom is -0.490 e. The zero-order valence-electron chi connectivity index (χ0n) is 12.6. The highest BCUT2D eigenvalue weighted by molar-refractivity contribution is 5.39. The van der Waals surface area contributed by atoms with Gasteiger partial charge in [0.25, 0.3) is 0 Å². The molecule has 0 unspecified atom stereocenters. The molecule has 2 aromatic rings. The van der Waals surface area contributed by atoms with Crippen LogP contribution in [-0.2, 0) is 6.54 Å². The van der Waals surface area contributed by atoms with Crippen LogP contribution in [0.5, 0.6) is 5.75 Å². The molecule has 0 aliphatic heterocycles. The molecule has 0 bridgehead atoms. The number of nitrogens with zero attached hydrogens (tertiary/aromatic N) is 2. The van der Waals surface area contributed by atoms with Crippen LogP contribution in [0.4, 0.5) is 0 Å². The minimum absolute atomic E-state index is 0.268. The Morgan fingerprint density at radius 3 is 2.40 bits per heavy atom. The first-order valence-electron chi connectivity index (χ1n) is 6.85. The number of hydrogen-bond acceptors (Lipinski definition) is 3. The molecule has 0 saturated carbocycles. The fourth-order valence-electron chi connectivity index (χ4n) is 2.32. The number of para-hydroxylation sites is 1. The Labute approximate surface area is 120 Å². The Kier molecular flexibility index (Phi) is 4.45. The lowest BCUT2D eigenvalue weighted by Crippen LogP contribution is -2.25. The Balaban J connectivity index is 1.95. The van der Waals surface area contributed by atoms with Crippen LogP contribution in [0.15, 0.2) is 24.3 Å². The van der Waals surface area contributed by atoms with E-state index in [1.165, 1.54) is 0 Å². The van der Waals surface area contributed by atoms with Crippen LogP contribution in [0.2, 0.25) is 0 Å². The lowest BCUT2D eigenvalue weighted by Gasteiger charge is -2.16. The summed E-state index contributed by atoms with van der Waals surface area (Å²) in [5.41, 5.74) is 4.19. The van der Waals surface area contributed by atoms with Crippen LogP contribution >= 0.6 is 0 Å². The van der Waals surface area contributed by atoms with Crippen molar-refractivity contribution in [3.63, 3.8) is 0 Å². The number of rotatable bonds is 5. The Morgan fingerprint density at radius 1 is 1.20 bits per heavy atom. The van der Waals surface area contributed by atoms with E-state index in [1.54, 1.807) is 0 Å². The minimum atomic E-state index is -0.577. The van der Waals surface area contributed by atoms with Crippen molar-refractivity contribution in [1.29, 1.82) is 0 Å². The molecule has 1 N–H and O–H groups in total. The molecule has 2 rings (SSSR count). The number of aliphatic hydroxyl groups is 1. The van der Waals surface area contributed by atoms with Gasteiger partial charge in [-0.1, -0.05) is 18.2 Å². The van der Waals surface area contributed by atoms with Crippen molar-refractivity contribution in [3.8, 4) is 5.75 Å². The van der Waals surface area contributed by atoms with Crippen LogP contribution in [-0.4, -0.2) is 27.6 Å². The number of aliphatic hydroxyl groups excluding tert-OH is 1. The Morgan fingerprint density at radius 2 is 1.85 bits per heavy atom. The van der Waals surface area contributed by atoms with E-state index >= 15 is 0 Å². The molecule has 0 aliphatic carbocycles. The van der Waals surface area contributed by atoms with Gasteiger partial charge in [-0.05, 0) is 44.9 Å². The number of aromatic nitrogens is 2. The van der Waals surface area contributed by atoms with E-state index in [9.17, 15) is 5.11 Å². The van der Waals surface area contributed by atoms with Crippen molar-refractivity contribution in [3.05, 3.63) is 46.8 Å². The van der Waals surface area contributed by atoms with E-state index in [4.69, 9.17) is 4.74 Å². The molecule has 0 fully saturated rings. The second kappa shape index (κ2) is 6.09. The van der Waals surface area contributed by atoms with Gasteiger partial charge in [-0.2, -0.15) is 5.10 Å². The third-order valence-electron chi connectivity index (χ3n) is 3.32. The first-order valence-corrected chi connectivity index (χ1v) is 6.85. The summed E-state index contributed by atoms with van der Waals surface area (Å²) < 4.78 is 7.57. The van der Waals surface area contributed by atoms with Gasteiger partial charge in [-0.3, -0.25) is 4.68 Å². The van der Waals surface area contributed by atoms with E-state index in [2.05, 4.69) is 5.10 Å². The largest absolute Gasteiger partial charge is 0.490 e. The summed E-state index contributed by atoms with van der Waals surface area (Å²) in [6.07, 6.45) is -0.577. The summed E-state index contributed by atoms with van der Waals surface area (Å²) in [4.78, 5) is 0. The second-order valence-electron chi connectivity index (χ2n) is 5.29. The second-order valence-corrected chi connectivity index (χ2v) is 5.29. The molecule has 0 saturated heterocycles. The molecule has 108 valence electrons. The third-order valence-corrected chi connectivity index (χ3v) is 3.32. The molecular weight excluding hydrogens is 252 g/mol. The van der Waals surface area contributed by atoms with Gasteiger partial charge in [0.2, 0.25) is 0 Å². The van der Waals surface area contributed by atoms with Crippen molar-refractivity contribution < 1.29 is 9.84 Å². The molecule has 4 heteroatoms. The zero-order chi connectivity index (χ0) is 14.7. The average Bonchev–Trinajstić information content (AvgIpc) is 2.67. The SMILES string of the molecule is Cc1cc(C)n(C[C@@H](O)COc2c(C)cccc2C)n1. The van der Waals surface area contributed by atoms with E-state index in [1.807, 2.05) is 56.6 Å². The van der Waals surface area contributed by atoms with Gasteiger partial charge in [0.05, 0.1) is 12.2 Å². The molecular formula is C16H22N2O2. The van der Waals surface area contributed by atoms with E-state index in [-0.39, 0.29) is 6.61 Å². The monoisotopic (exact) mass is 274 g/mol. The number of ether oxygens (including phenoxy) is 1. The first-order chi connectivity index (χ1) is 9.47. The van der Waals surface area contributed by atoms with E-state index in [0.29, 0.717) is 6.54 Å². The zero-order valence-corrected chi connectivity index (χ0v) is 12.6. The van der Waals surface area contributed by atoms with Crippen LogP contribution in [0, 0.1) is 27.7 Å². The fraction of sp³-hybridized carbons (Fsp3) is 0.438. The fourth-order valence-corrected chi connectivity index (χ4v) is 2.32. The summed E-state index contributed by atoms with van der Waals surface area (Å²) in [6, 6.07) is 8.02. The highest BCUT2D eigenvalue weighted by Crippen LogP contribution is 2.22. The van der Waals surface area contributed by atoms with Gasteiger partial charge in [0, 0.05) is 5.69 Å². The van der Waals surface area contributed by atoms with Gasteiger partial charge in [-0.15, -0.1) is 0 Å². The maximum atomic E-state index is 10.1. The van der Waals surface area contributed by atoms with Crippen molar-refractivity contribution in [2.45, 2.75) is 40.3 Å². The summed E-state index contributed by atoms with van der Waals surface area (Å²) in [7, 11) is 0. The summed E-state index contributed by atoms with van der Waals surface area (Å²) >= 11 is 0. The Bertz CT molecular complexity index is 570. The molecule has 0 radical (unpaired) electrons. The lowest BCUT2D eigenvalue weighted by molar-refractivity contribution is 0.0881. The molecule has 4 nitrogen and oxygen atoms in total. The first kappa shape index (κ1) is 14.6. The van der Waals surface area contributed by atoms with E-state index in [0.717, 1.165) is 28.3 Å². The standard InChI is InChI=1S/C16H22N2O2/c1-11-6-5-7-12(2)16(11)20-10-15(19)9-18-14(4)8-13(3)17-18/h5-8,15,19H,9-10H2,1-4H3/t15-/m1/s1. The third kappa shape index (κ3) is 3.39. The quantitative estimate of drug-likeness (QED) is 0.911. The van der Waals surface area contributed by atoms with Crippen LogP contribution < -0.4 is 4.74 Å². The Hall–Kier alpha value is -1.81. The molecule has 1 heterocycles. The van der Waals surface area contributed by atoms with Crippen molar-refractivity contribution in [2.24, 2.45) is 0 Å². The van der Waals surface area contributed by atoms with Crippen LogP contribution in [0.1, 0.15) is 22.5 Å². The predicted octanol–water partition coefficient (Wildman–Crippen LogP) is 2.56. The molecule has 0 aliphatic rings. The smallest absolute Gasteiger partial charge is 0.125 e. The van der Waals surface area contributed by atoms with Crippen molar-refractivity contribution >= 4 is 0 Å². The maximum absolute atomic E-state index is 10.1. The molecule has 1 aromatic carbocycles. The number of benzene rings is 1. The van der Waals surface area contributed by atoms with Gasteiger partial charge < -0.3 is 9.84 Å². The van der Waals surface area contributed by atoms with Gasteiger partial charge in [0.1, 0.15) is 18.5 Å². The molecule has 0 spiro atoms. The summed E-state index contributed by atoms with van der Waals surface area (Å²) in [5.74, 6) is 0.861. The summed E-state index contributed by atoms with van der Waals surface area (Å²) in [6.45, 7) is 8.67. The van der Waals surface area contributed by atoms with Gasteiger partial charge >= 0.3 is 0 Å². The molecule has 20 heavy (non-hydrogen) atoms. The molecule has 1 aromatic heterocycles. The van der Waals surface area contributed by atoms with Crippen molar-refractivity contribution in [2.75, 3.05) is 6.61 Å². The molecule has 0 amide bonds. The van der Waals surface area contributed by atoms with Crippen LogP contribution in [0.25, 0.3) is 0 Å². The highest BCUT2D eigenvalue weighted by Gasteiger charge is 2.11. The lowest BCUT2D eigenvalue weighted by atomic mass is 10.1. The average molecular weight is 274 g/mol. The van der Waals surface area contributed by atoms with Gasteiger partial charge in [0.15, 0.2) is 0 Å². The van der Waals surface area contributed by atoms with Crippen LogP contribution in [0.3, 0.4) is 0 Å². The topological polar surface area (TPSA) is 47.3 Å². The highest BCUT2D eigenvalue weighted by atomic mass is 16.5. The van der Waals surface area contributed by atoms with E-state index < -0.39 is 6.10 Å². The normalized spacial score (nSPS) is 12.4. The maximum Gasteiger partial charge on any atom is 0.125 e. The summed E-state index contributed by atoms with van der Waals surface area (Å²) in [5, 5.41) is 14.4. The predicted molar refractivity (Wildman–Crippen MR) is 79.1 cm³/mol. The van der Waals surface area contributed by atoms with Crippen molar-refractivity contribution in [1.82, 2.24) is 9.78 Å². The van der Waals surface area contributed by atoms with Gasteiger partial charge in [-0.25, -0.2) is 0 Å². The molecule has 1 atom stereocenters. The number of hydrogen-bond donors (Lipinski definition) is 1.